The van der Waals surface area contributed by atoms with E-state index in [0.29, 0.717) is 10.6 Å². The first-order valence-corrected chi connectivity index (χ1v) is 7.90. The fourth-order valence-electron chi connectivity index (χ4n) is 2.16. The number of carboxylic acids is 1. The van der Waals surface area contributed by atoms with Crippen LogP contribution < -0.4 is 16.0 Å². The fraction of sp³-hybridized carbons (Fsp3) is 0.375. The van der Waals surface area contributed by atoms with Crippen LogP contribution in [-0.4, -0.2) is 41.9 Å². The van der Waals surface area contributed by atoms with Crippen LogP contribution in [0.5, 0.6) is 0 Å². The molecule has 1 aromatic rings. The number of aliphatic carboxylic acids is 1. The van der Waals surface area contributed by atoms with E-state index < -0.39 is 29.9 Å². The van der Waals surface area contributed by atoms with Gasteiger partial charge in [-0.05, 0) is 24.1 Å². The average molecular weight is 370 g/mol. The van der Waals surface area contributed by atoms with E-state index in [4.69, 9.17) is 11.6 Å². The molecule has 1 atom stereocenters. The van der Waals surface area contributed by atoms with Gasteiger partial charge in [-0.1, -0.05) is 30.7 Å². The number of carboxylic acid groups (broad SMARTS) is 1. The van der Waals surface area contributed by atoms with Crippen LogP contribution in [0.3, 0.4) is 0 Å². The van der Waals surface area contributed by atoms with Crippen LogP contribution in [0.25, 0.3) is 0 Å². The van der Waals surface area contributed by atoms with Crippen molar-refractivity contribution in [1.82, 2.24) is 16.0 Å². The fourth-order valence-corrected chi connectivity index (χ4v) is 2.28. The van der Waals surface area contributed by atoms with Crippen molar-refractivity contribution in [2.45, 2.75) is 25.8 Å². The zero-order valence-corrected chi connectivity index (χ0v) is 14.6. The Kier molecular flexibility index (Phi) is 7.38. The maximum atomic E-state index is 12.1. The highest BCUT2D eigenvalue weighted by Gasteiger charge is 2.40. The Labute approximate surface area is 149 Å². The lowest BCUT2D eigenvalue weighted by molar-refractivity contribution is -0.148. The van der Waals surface area contributed by atoms with E-state index in [1.54, 1.807) is 6.92 Å². The van der Waals surface area contributed by atoms with Gasteiger partial charge in [-0.2, -0.15) is 0 Å². The molecule has 0 aromatic heterocycles. The van der Waals surface area contributed by atoms with Gasteiger partial charge in [0.05, 0.1) is 13.1 Å². The highest BCUT2D eigenvalue weighted by atomic mass is 35.5. The Morgan fingerprint density at radius 1 is 1.04 bits per heavy atom. The van der Waals surface area contributed by atoms with Gasteiger partial charge in [0.25, 0.3) is 0 Å². The number of rotatable bonds is 8. The largest absolute Gasteiger partial charge is 0.479 e. The maximum absolute atomic E-state index is 12.1. The minimum absolute atomic E-state index is 0.0928. The molecule has 1 unspecified atom stereocenters. The van der Waals surface area contributed by atoms with Gasteiger partial charge >= 0.3 is 5.97 Å². The van der Waals surface area contributed by atoms with Crippen molar-refractivity contribution in [3.8, 4) is 0 Å². The van der Waals surface area contributed by atoms with Crippen LogP contribution in [-0.2, 0) is 24.7 Å². The molecule has 25 heavy (non-hydrogen) atoms. The molecule has 8 nitrogen and oxygen atoms in total. The summed E-state index contributed by atoms with van der Waals surface area (Å²) in [5.74, 6) is -2.84. The van der Waals surface area contributed by atoms with Gasteiger partial charge in [0, 0.05) is 11.9 Å². The Morgan fingerprint density at radius 2 is 1.60 bits per heavy atom. The predicted octanol–water partition coefficient (Wildman–Crippen LogP) is 0.398. The van der Waals surface area contributed by atoms with Gasteiger partial charge in [0.15, 0.2) is 5.54 Å². The number of nitrogens with one attached hydrogen (secondary N) is 3. The van der Waals surface area contributed by atoms with Gasteiger partial charge in [0.1, 0.15) is 0 Å². The van der Waals surface area contributed by atoms with Gasteiger partial charge in [0.2, 0.25) is 17.7 Å². The van der Waals surface area contributed by atoms with E-state index >= 15 is 0 Å². The number of benzene rings is 1. The van der Waals surface area contributed by atoms with Crippen molar-refractivity contribution in [1.29, 1.82) is 0 Å². The second-order valence-electron chi connectivity index (χ2n) is 5.31. The van der Waals surface area contributed by atoms with E-state index in [9.17, 15) is 24.3 Å². The summed E-state index contributed by atoms with van der Waals surface area (Å²) in [6, 6.07) is 6.11. The normalized spacial score (nSPS) is 12.6. The smallest absolute Gasteiger partial charge is 0.334 e. The molecule has 0 spiro atoms. The number of amides is 3. The van der Waals surface area contributed by atoms with Crippen molar-refractivity contribution in [2.24, 2.45) is 0 Å². The lowest BCUT2D eigenvalue weighted by atomic mass is 9.87. The number of halogens is 1. The summed E-state index contributed by atoms with van der Waals surface area (Å²) >= 11 is 5.81. The Morgan fingerprint density at radius 3 is 2.08 bits per heavy atom. The van der Waals surface area contributed by atoms with Crippen molar-refractivity contribution in [3.05, 3.63) is 34.9 Å². The molecule has 0 heterocycles. The molecule has 0 fully saturated rings. The third kappa shape index (κ3) is 5.75. The second kappa shape index (κ2) is 9.03. The van der Waals surface area contributed by atoms with Crippen molar-refractivity contribution in [2.75, 3.05) is 13.1 Å². The zero-order chi connectivity index (χ0) is 19.0. The minimum atomic E-state index is -1.63. The molecule has 1 aromatic carbocycles. The highest BCUT2D eigenvalue weighted by molar-refractivity contribution is 6.30. The van der Waals surface area contributed by atoms with Crippen molar-refractivity contribution in [3.63, 3.8) is 0 Å². The first-order valence-electron chi connectivity index (χ1n) is 7.53. The highest BCUT2D eigenvalue weighted by Crippen LogP contribution is 2.26. The molecule has 136 valence electrons. The minimum Gasteiger partial charge on any atom is -0.479 e. The Balaban J connectivity index is 2.80. The van der Waals surface area contributed by atoms with Crippen LogP contribution >= 0.6 is 11.6 Å². The molecule has 1 rings (SSSR count). The summed E-state index contributed by atoms with van der Waals surface area (Å²) in [5.41, 5.74) is -1.27. The van der Waals surface area contributed by atoms with Gasteiger partial charge < -0.3 is 21.1 Å². The Bertz CT molecular complexity index is 662. The first-order chi connectivity index (χ1) is 11.7. The summed E-state index contributed by atoms with van der Waals surface area (Å²) < 4.78 is 0. The predicted molar refractivity (Wildman–Crippen MR) is 90.9 cm³/mol. The van der Waals surface area contributed by atoms with E-state index in [1.165, 1.54) is 31.2 Å². The molecule has 0 saturated carbocycles. The summed E-state index contributed by atoms with van der Waals surface area (Å²) in [6.07, 6.45) is 0.0928. The van der Waals surface area contributed by atoms with E-state index in [-0.39, 0.29) is 18.9 Å². The molecule has 0 aliphatic rings. The average Bonchev–Trinajstić information content (AvgIpc) is 2.56. The molecular formula is C16H20ClN3O5. The SMILES string of the molecule is CCC(NC(=O)CNC(=O)CNC(C)=O)(C(=O)O)c1ccc(Cl)cc1. The van der Waals surface area contributed by atoms with Crippen molar-refractivity contribution >= 4 is 35.3 Å². The molecular weight excluding hydrogens is 350 g/mol. The molecule has 0 aliphatic carbocycles. The monoisotopic (exact) mass is 369 g/mol. The second-order valence-corrected chi connectivity index (χ2v) is 5.74. The molecule has 9 heteroatoms. The molecule has 0 bridgehead atoms. The van der Waals surface area contributed by atoms with Crippen LogP contribution in [0.4, 0.5) is 0 Å². The zero-order valence-electron chi connectivity index (χ0n) is 13.9. The molecule has 0 radical (unpaired) electrons. The standard InChI is InChI=1S/C16H20ClN3O5/c1-3-16(15(24)25,11-4-6-12(17)7-5-11)20-14(23)9-19-13(22)8-18-10(2)21/h4-7H,3,8-9H2,1-2H3,(H,18,21)(H,19,22)(H,20,23)(H,24,25). The summed E-state index contributed by atoms with van der Waals surface area (Å²) in [6.45, 7) is 2.20. The summed E-state index contributed by atoms with van der Waals surface area (Å²) in [4.78, 5) is 46.1. The summed E-state index contributed by atoms with van der Waals surface area (Å²) in [5, 5.41) is 17.1. The first kappa shape index (κ1) is 20.4. The molecule has 3 amide bonds. The lowest BCUT2D eigenvalue weighted by Gasteiger charge is -2.30. The van der Waals surface area contributed by atoms with E-state index in [1.807, 2.05) is 0 Å². The van der Waals surface area contributed by atoms with Crippen molar-refractivity contribution < 1.29 is 24.3 Å². The topological polar surface area (TPSA) is 125 Å². The van der Waals surface area contributed by atoms with Crippen LogP contribution in [0.2, 0.25) is 5.02 Å². The van der Waals surface area contributed by atoms with Crippen LogP contribution in [0.15, 0.2) is 24.3 Å². The Hall–Kier alpha value is -2.61. The van der Waals surface area contributed by atoms with Gasteiger partial charge in [-0.25, -0.2) is 4.79 Å². The number of hydrogen-bond donors (Lipinski definition) is 4. The lowest BCUT2D eigenvalue weighted by Crippen LogP contribution is -2.54. The number of hydrogen-bond acceptors (Lipinski definition) is 4. The third-order valence-corrected chi connectivity index (χ3v) is 3.78. The van der Waals surface area contributed by atoms with Gasteiger partial charge in [-0.15, -0.1) is 0 Å². The number of carbonyl (C=O) groups excluding carboxylic acids is 3. The third-order valence-electron chi connectivity index (χ3n) is 3.53. The van der Waals surface area contributed by atoms with E-state index in [0.717, 1.165) is 0 Å². The van der Waals surface area contributed by atoms with Gasteiger partial charge in [-0.3, -0.25) is 14.4 Å². The molecule has 0 aliphatic heterocycles. The summed E-state index contributed by atoms with van der Waals surface area (Å²) in [7, 11) is 0. The maximum Gasteiger partial charge on any atom is 0.334 e. The molecule has 0 saturated heterocycles. The van der Waals surface area contributed by atoms with Crippen LogP contribution in [0, 0.1) is 0 Å². The number of carbonyl (C=O) groups is 4. The quantitative estimate of drug-likeness (QED) is 0.528. The van der Waals surface area contributed by atoms with Crippen LogP contribution in [0.1, 0.15) is 25.8 Å². The van der Waals surface area contributed by atoms with E-state index in [2.05, 4.69) is 16.0 Å². The molecule has 4 N–H and O–H groups in total.